The lowest BCUT2D eigenvalue weighted by Crippen LogP contribution is -2.13. The van der Waals surface area contributed by atoms with Gasteiger partial charge < -0.3 is 5.11 Å². The van der Waals surface area contributed by atoms with Gasteiger partial charge in [0.1, 0.15) is 0 Å². The smallest absolute Gasteiger partial charge is 0.153 e. The highest BCUT2D eigenvalue weighted by Crippen LogP contribution is 2.52. The maximum Gasteiger partial charge on any atom is 0.153 e. The Morgan fingerprint density at radius 3 is 2.65 bits per heavy atom. The van der Waals surface area contributed by atoms with E-state index < -0.39 is 15.1 Å². The molecular formula is C12H15ClO3S. The van der Waals surface area contributed by atoms with Crippen molar-refractivity contribution in [2.75, 3.05) is 12.4 Å². The van der Waals surface area contributed by atoms with E-state index in [0.29, 0.717) is 5.02 Å². The molecule has 1 aromatic rings. The lowest BCUT2D eigenvalue weighted by molar-refractivity contribution is 0.274. The van der Waals surface area contributed by atoms with E-state index in [4.69, 9.17) is 11.6 Å². The Kier molecular flexibility index (Phi) is 3.48. The normalized spacial score (nSPS) is 28.1. The van der Waals surface area contributed by atoms with E-state index in [1.54, 1.807) is 25.1 Å². The first-order valence-electron chi connectivity index (χ1n) is 5.59. The summed E-state index contributed by atoms with van der Waals surface area (Å²) < 4.78 is 23.7. The van der Waals surface area contributed by atoms with E-state index in [-0.39, 0.29) is 24.2 Å². The van der Waals surface area contributed by atoms with Crippen LogP contribution in [0.5, 0.6) is 0 Å². The maximum absolute atomic E-state index is 11.9. The van der Waals surface area contributed by atoms with Crippen LogP contribution in [-0.2, 0) is 9.84 Å². The van der Waals surface area contributed by atoms with Crippen LogP contribution in [-0.4, -0.2) is 31.1 Å². The van der Waals surface area contributed by atoms with Gasteiger partial charge in [0, 0.05) is 29.2 Å². The number of benzene rings is 1. The summed E-state index contributed by atoms with van der Waals surface area (Å²) in [4.78, 5) is 0. The van der Waals surface area contributed by atoms with Crippen LogP contribution in [0.2, 0.25) is 5.02 Å². The van der Waals surface area contributed by atoms with E-state index in [0.717, 1.165) is 5.56 Å². The van der Waals surface area contributed by atoms with Crippen LogP contribution < -0.4 is 0 Å². The first kappa shape index (κ1) is 12.9. The van der Waals surface area contributed by atoms with Crippen molar-refractivity contribution in [3.8, 4) is 0 Å². The number of rotatable bonds is 4. The van der Waals surface area contributed by atoms with Crippen molar-refractivity contribution in [2.45, 2.75) is 18.1 Å². The summed E-state index contributed by atoms with van der Waals surface area (Å²) >= 11 is 5.89. The van der Waals surface area contributed by atoms with E-state index in [1.807, 2.05) is 6.07 Å². The monoisotopic (exact) mass is 274 g/mol. The Hall–Kier alpha value is -0.580. The molecule has 2 rings (SSSR count). The molecule has 1 aliphatic rings. The molecule has 1 fully saturated rings. The summed E-state index contributed by atoms with van der Waals surface area (Å²) in [6.07, 6.45) is 0. The van der Waals surface area contributed by atoms with Crippen LogP contribution in [0.25, 0.3) is 0 Å². The van der Waals surface area contributed by atoms with Crippen LogP contribution in [0, 0.1) is 5.92 Å². The first-order chi connectivity index (χ1) is 8.01. The quantitative estimate of drug-likeness (QED) is 0.912. The van der Waals surface area contributed by atoms with Gasteiger partial charge in [-0.3, -0.25) is 0 Å². The highest BCUT2D eigenvalue weighted by atomic mass is 35.5. The second-order valence-electron chi connectivity index (χ2n) is 4.34. The van der Waals surface area contributed by atoms with Crippen molar-refractivity contribution in [3.63, 3.8) is 0 Å². The largest absolute Gasteiger partial charge is 0.396 e. The Morgan fingerprint density at radius 2 is 2.12 bits per heavy atom. The van der Waals surface area contributed by atoms with Crippen LogP contribution in [0.4, 0.5) is 0 Å². The lowest BCUT2D eigenvalue weighted by atomic mass is 10.1. The van der Waals surface area contributed by atoms with Crippen molar-refractivity contribution < 1.29 is 13.5 Å². The van der Waals surface area contributed by atoms with Crippen molar-refractivity contribution in [3.05, 3.63) is 34.9 Å². The third-order valence-electron chi connectivity index (χ3n) is 3.36. The molecule has 0 unspecified atom stereocenters. The Morgan fingerprint density at radius 1 is 1.41 bits per heavy atom. The van der Waals surface area contributed by atoms with Gasteiger partial charge in [-0.2, -0.15) is 0 Å². The van der Waals surface area contributed by atoms with Gasteiger partial charge in [-0.15, -0.1) is 0 Å². The second kappa shape index (κ2) is 4.59. The number of halogens is 1. The molecule has 0 radical (unpaired) electrons. The Bertz CT molecular complexity index is 512. The molecule has 17 heavy (non-hydrogen) atoms. The molecule has 1 aliphatic carbocycles. The second-order valence-corrected chi connectivity index (χ2v) is 7.23. The molecule has 0 bridgehead atoms. The van der Waals surface area contributed by atoms with Crippen LogP contribution in [0.1, 0.15) is 18.4 Å². The third kappa shape index (κ3) is 2.34. The average molecular weight is 275 g/mol. The van der Waals surface area contributed by atoms with E-state index >= 15 is 0 Å². The Labute approximate surface area is 106 Å². The predicted molar refractivity (Wildman–Crippen MR) is 68.0 cm³/mol. The Balaban J connectivity index is 2.29. The molecule has 0 aromatic heterocycles. The molecule has 0 heterocycles. The lowest BCUT2D eigenvalue weighted by Gasteiger charge is -2.01. The predicted octanol–water partition coefficient (Wildman–Crippen LogP) is 1.85. The SMILES string of the molecule is CCS(=O)(=O)[C@H]1[C@@H](CO)[C@@H]1c1cccc(Cl)c1. The van der Waals surface area contributed by atoms with Gasteiger partial charge in [0.2, 0.25) is 0 Å². The summed E-state index contributed by atoms with van der Waals surface area (Å²) in [5.74, 6) is -0.173. The molecule has 3 nitrogen and oxygen atoms in total. The molecule has 0 amide bonds. The van der Waals surface area contributed by atoms with Gasteiger partial charge in [0.15, 0.2) is 9.84 Å². The van der Waals surface area contributed by atoms with Crippen molar-refractivity contribution >= 4 is 21.4 Å². The number of sulfone groups is 1. The van der Waals surface area contributed by atoms with Crippen molar-refractivity contribution in [1.82, 2.24) is 0 Å². The molecule has 0 saturated heterocycles. The first-order valence-corrected chi connectivity index (χ1v) is 7.68. The standard InChI is InChI=1S/C12H15ClO3S/c1-2-17(15,16)12-10(7-14)11(12)8-4-3-5-9(13)6-8/h3-6,10-12,14H,2,7H2,1H3/t10-,11-,12-/m0/s1. The minimum absolute atomic E-state index is 0.0962. The number of aliphatic hydroxyl groups excluding tert-OH is 1. The minimum atomic E-state index is -3.10. The summed E-state index contributed by atoms with van der Waals surface area (Å²) in [6.45, 7) is 1.54. The molecule has 94 valence electrons. The van der Waals surface area contributed by atoms with Gasteiger partial charge in [-0.25, -0.2) is 8.42 Å². The third-order valence-corrected chi connectivity index (χ3v) is 5.87. The molecule has 3 atom stereocenters. The van der Waals surface area contributed by atoms with Gasteiger partial charge in [0.25, 0.3) is 0 Å². The molecule has 1 saturated carbocycles. The van der Waals surface area contributed by atoms with Crippen LogP contribution >= 0.6 is 11.6 Å². The number of aliphatic hydroxyl groups is 1. The number of hydrogen-bond acceptors (Lipinski definition) is 3. The molecule has 5 heteroatoms. The highest BCUT2D eigenvalue weighted by Gasteiger charge is 2.57. The van der Waals surface area contributed by atoms with E-state index in [2.05, 4.69) is 0 Å². The molecule has 1 N–H and O–H groups in total. The summed E-state index contributed by atoms with van der Waals surface area (Å²) in [5.41, 5.74) is 0.901. The van der Waals surface area contributed by atoms with Crippen molar-refractivity contribution in [2.24, 2.45) is 5.92 Å². The maximum atomic E-state index is 11.9. The van der Waals surface area contributed by atoms with Gasteiger partial charge in [-0.05, 0) is 17.7 Å². The fourth-order valence-corrected chi connectivity index (χ4v) is 4.48. The van der Waals surface area contributed by atoms with Crippen LogP contribution in [0.15, 0.2) is 24.3 Å². The fourth-order valence-electron chi connectivity index (χ4n) is 2.39. The molecule has 0 spiro atoms. The zero-order chi connectivity index (χ0) is 12.6. The minimum Gasteiger partial charge on any atom is -0.396 e. The van der Waals surface area contributed by atoms with E-state index in [1.165, 1.54) is 0 Å². The zero-order valence-electron chi connectivity index (χ0n) is 9.51. The summed E-state index contributed by atoms with van der Waals surface area (Å²) in [7, 11) is -3.10. The average Bonchev–Trinajstić information content (AvgIpc) is 3.04. The van der Waals surface area contributed by atoms with E-state index in [9.17, 15) is 13.5 Å². The molecular weight excluding hydrogens is 260 g/mol. The van der Waals surface area contributed by atoms with Crippen LogP contribution in [0.3, 0.4) is 0 Å². The van der Waals surface area contributed by atoms with Gasteiger partial charge in [0.05, 0.1) is 5.25 Å². The van der Waals surface area contributed by atoms with Gasteiger partial charge in [-0.1, -0.05) is 30.7 Å². The van der Waals surface area contributed by atoms with Crippen molar-refractivity contribution in [1.29, 1.82) is 0 Å². The zero-order valence-corrected chi connectivity index (χ0v) is 11.1. The van der Waals surface area contributed by atoms with Gasteiger partial charge >= 0.3 is 0 Å². The summed E-state index contributed by atoms with van der Waals surface area (Å²) in [6, 6.07) is 7.20. The number of hydrogen-bond donors (Lipinski definition) is 1. The highest BCUT2D eigenvalue weighted by molar-refractivity contribution is 7.92. The molecule has 0 aliphatic heterocycles. The summed E-state index contributed by atoms with van der Waals surface area (Å²) in [5, 5.41) is 9.39. The topological polar surface area (TPSA) is 54.4 Å². The fraction of sp³-hybridized carbons (Fsp3) is 0.500. The molecule has 1 aromatic carbocycles.